The van der Waals surface area contributed by atoms with Crippen LogP contribution in [0, 0.1) is 13.8 Å². The maximum atomic E-state index is 5.67. The van der Waals surface area contributed by atoms with E-state index in [1.165, 1.54) is 0 Å². The molecule has 1 heterocycles. The van der Waals surface area contributed by atoms with Gasteiger partial charge in [-0.1, -0.05) is 6.92 Å². The first kappa shape index (κ1) is 7.12. The Morgan fingerprint density at radius 2 is 2.10 bits per heavy atom. The number of hydrogen-bond acceptors (Lipinski definition) is 2. The quantitative estimate of drug-likeness (QED) is 0.584. The van der Waals surface area contributed by atoms with Gasteiger partial charge in [0.25, 0.3) is 0 Å². The van der Waals surface area contributed by atoms with E-state index in [0.717, 1.165) is 23.6 Å². The molecule has 1 rings (SSSR count). The summed E-state index contributed by atoms with van der Waals surface area (Å²) in [5.74, 6) is 6.62. The Morgan fingerprint density at radius 1 is 1.50 bits per heavy atom. The second-order valence-electron chi connectivity index (χ2n) is 2.42. The largest absolute Gasteiger partial charge is 0.338 e. The molecule has 10 heavy (non-hydrogen) atoms. The van der Waals surface area contributed by atoms with Crippen LogP contribution in [0.15, 0.2) is 0 Å². The lowest BCUT2D eigenvalue weighted by molar-refractivity contribution is 0.837. The van der Waals surface area contributed by atoms with E-state index in [1.54, 1.807) is 4.68 Å². The molecule has 1 aromatic heterocycles. The number of aryl methyl sites for hydroxylation is 2. The maximum absolute atomic E-state index is 5.67. The van der Waals surface area contributed by atoms with Crippen molar-refractivity contribution in [3.8, 4) is 0 Å². The highest BCUT2D eigenvalue weighted by molar-refractivity contribution is 5.13. The Labute approximate surface area is 60.8 Å². The van der Waals surface area contributed by atoms with Gasteiger partial charge in [-0.15, -0.1) is 0 Å². The fourth-order valence-corrected chi connectivity index (χ4v) is 0.946. The van der Waals surface area contributed by atoms with Gasteiger partial charge in [-0.05, 0) is 13.8 Å². The Kier molecular flexibility index (Phi) is 1.66. The summed E-state index contributed by atoms with van der Waals surface area (Å²) in [5, 5.41) is 0. The van der Waals surface area contributed by atoms with Crippen molar-refractivity contribution in [2.45, 2.75) is 27.2 Å². The van der Waals surface area contributed by atoms with E-state index in [-0.39, 0.29) is 0 Å². The molecular weight excluding hydrogens is 126 g/mol. The molecule has 0 atom stereocenters. The maximum Gasteiger partial charge on any atom is 0.127 e. The van der Waals surface area contributed by atoms with Gasteiger partial charge in [-0.3, -0.25) is 4.68 Å². The smallest absolute Gasteiger partial charge is 0.127 e. The van der Waals surface area contributed by atoms with Crippen LogP contribution in [0.2, 0.25) is 0 Å². The second-order valence-corrected chi connectivity index (χ2v) is 2.42. The minimum atomic E-state index is 0.894. The highest BCUT2D eigenvalue weighted by Crippen LogP contribution is 2.05. The zero-order valence-corrected chi connectivity index (χ0v) is 6.68. The number of nitrogens with two attached hydrogens (primary N) is 1. The first-order valence-corrected chi connectivity index (χ1v) is 3.46. The summed E-state index contributed by atoms with van der Waals surface area (Å²) < 4.78 is 1.65. The average Bonchev–Trinajstić information content (AvgIpc) is 2.17. The predicted octanol–water partition coefficient (Wildman–Crippen LogP) is 0.776. The van der Waals surface area contributed by atoms with Crippen molar-refractivity contribution in [2.75, 3.05) is 5.84 Å². The molecule has 0 aliphatic carbocycles. The SMILES string of the molecule is CCc1nc(C)c(C)n1N. The van der Waals surface area contributed by atoms with Crippen LogP contribution in [0.4, 0.5) is 0 Å². The van der Waals surface area contributed by atoms with Crippen molar-refractivity contribution < 1.29 is 0 Å². The van der Waals surface area contributed by atoms with Crippen LogP contribution in [0.1, 0.15) is 24.1 Å². The highest BCUT2D eigenvalue weighted by atomic mass is 15.3. The van der Waals surface area contributed by atoms with E-state index in [2.05, 4.69) is 4.98 Å². The molecule has 56 valence electrons. The van der Waals surface area contributed by atoms with Gasteiger partial charge in [0.15, 0.2) is 0 Å². The molecule has 2 N–H and O–H groups in total. The van der Waals surface area contributed by atoms with Gasteiger partial charge in [0.2, 0.25) is 0 Å². The van der Waals surface area contributed by atoms with Crippen molar-refractivity contribution in [1.82, 2.24) is 9.66 Å². The molecule has 0 aliphatic heterocycles. The van der Waals surface area contributed by atoms with Gasteiger partial charge in [0.1, 0.15) is 5.82 Å². The summed E-state index contributed by atoms with van der Waals surface area (Å²) in [6.07, 6.45) is 0.894. The van der Waals surface area contributed by atoms with Crippen molar-refractivity contribution in [3.05, 3.63) is 17.2 Å². The number of nitrogen functional groups attached to an aromatic ring is 1. The number of rotatable bonds is 1. The summed E-state index contributed by atoms with van der Waals surface area (Å²) in [5.41, 5.74) is 2.08. The Morgan fingerprint density at radius 3 is 2.30 bits per heavy atom. The lowest BCUT2D eigenvalue weighted by Gasteiger charge is -1.97. The van der Waals surface area contributed by atoms with Crippen molar-refractivity contribution in [2.24, 2.45) is 0 Å². The number of imidazole rings is 1. The molecule has 3 heteroatoms. The van der Waals surface area contributed by atoms with E-state index < -0.39 is 0 Å². The van der Waals surface area contributed by atoms with Gasteiger partial charge >= 0.3 is 0 Å². The van der Waals surface area contributed by atoms with Crippen LogP contribution in [-0.2, 0) is 6.42 Å². The summed E-state index contributed by atoms with van der Waals surface area (Å²) in [4.78, 5) is 4.27. The van der Waals surface area contributed by atoms with Crippen LogP contribution in [-0.4, -0.2) is 9.66 Å². The Balaban J connectivity index is 3.17. The second kappa shape index (κ2) is 2.33. The molecule has 0 aliphatic rings. The summed E-state index contributed by atoms with van der Waals surface area (Å²) >= 11 is 0. The fourth-order valence-electron chi connectivity index (χ4n) is 0.946. The standard InChI is InChI=1S/C7H13N3/c1-4-7-9-5(2)6(3)10(7)8/h4,8H2,1-3H3. The summed E-state index contributed by atoms with van der Waals surface area (Å²) in [7, 11) is 0. The predicted molar refractivity (Wildman–Crippen MR) is 41.2 cm³/mol. The first-order chi connectivity index (χ1) is 4.66. The zero-order valence-electron chi connectivity index (χ0n) is 6.68. The van der Waals surface area contributed by atoms with Crippen LogP contribution < -0.4 is 5.84 Å². The third-order valence-corrected chi connectivity index (χ3v) is 1.78. The minimum absolute atomic E-state index is 0.894. The van der Waals surface area contributed by atoms with Crippen LogP contribution in [0.3, 0.4) is 0 Å². The molecule has 0 saturated carbocycles. The molecule has 3 nitrogen and oxygen atoms in total. The lowest BCUT2D eigenvalue weighted by atomic mass is 10.4. The molecule has 0 saturated heterocycles. The van der Waals surface area contributed by atoms with Gasteiger partial charge in [0, 0.05) is 6.42 Å². The van der Waals surface area contributed by atoms with Gasteiger partial charge < -0.3 is 5.84 Å². The average molecular weight is 139 g/mol. The molecule has 0 fully saturated rings. The molecular formula is C7H13N3. The number of nitrogens with zero attached hydrogens (tertiary/aromatic N) is 2. The molecule has 0 amide bonds. The molecule has 0 radical (unpaired) electrons. The Hall–Kier alpha value is -0.990. The third kappa shape index (κ3) is 0.875. The van der Waals surface area contributed by atoms with E-state index in [1.807, 2.05) is 20.8 Å². The van der Waals surface area contributed by atoms with E-state index >= 15 is 0 Å². The number of aromatic nitrogens is 2. The molecule has 0 spiro atoms. The molecule has 0 bridgehead atoms. The zero-order chi connectivity index (χ0) is 7.72. The normalized spacial score (nSPS) is 10.3. The molecule has 0 unspecified atom stereocenters. The van der Waals surface area contributed by atoms with Gasteiger partial charge in [-0.25, -0.2) is 4.98 Å². The fraction of sp³-hybridized carbons (Fsp3) is 0.571. The topological polar surface area (TPSA) is 43.8 Å². The molecule has 1 aromatic rings. The minimum Gasteiger partial charge on any atom is -0.338 e. The van der Waals surface area contributed by atoms with Crippen LogP contribution in [0.5, 0.6) is 0 Å². The third-order valence-electron chi connectivity index (χ3n) is 1.78. The van der Waals surface area contributed by atoms with Crippen LogP contribution in [0.25, 0.3) is 0 Å². The molecule has 0 aromatic carbocycles. The van der Waals surface area contributed by atoms with Crippen molar-refractivity contribution in [1.29, 1.82) is 0 Å². The van der Waals surface area contributed by atoms with Crippen molar-refractivity contribution in [3.63, 3.8) is 0 Å². The monoisotopic (exact) mass is 139 g/mol. The summed E-state index contributed by atoms with van der Waals surface area (Å²) in [6.45, 7) is 5.99. The highest BCUT2D eigenvalue weighted by Gasteiger charge is 2.04. The lowest BCUT2D eigenvalue weighted by Crippen LogP contribution is -2.13. The first-order valence-electron chi connectivity index (χ1n) is 3.46. The summed E-state index contributed by atoms with van der Waals surface area (Å²) in [6, 6.07) is 0. The van der Waals surface area contributed by atoms with E-state index in [4.69, 9.17) is 5.84 Å². The Bertz CT molecular complexity index is 237. The van der Waals surface area contributed by atoms with Crippen LogP contribution >= 0.6 is 0 Å². The van der Waals surface area contributed by atoms with Gasteiger partial charge in [0.05, 0.1) is 11.4 Å². The van der Waals surface area contributed by atoms with Gasteiger partial charge in [-0.2, -0.15) is 0 Å². The van der Waals surface area contributed by atoms with E-state index in [0.29, 0.717) is 0 Å². The van der Waals surface area contributed by atoms with Crippen molar-refractivity contribution >= 4 is 0 Å². The number of hydrogen-bond donors (Lipinski definition) is 1. The van der Waals surface area contributed by atoms with E-state index in [9.17, 15) is 0 Å².